The fraction of sp³-hybridized carbons (Fsp3) is 0.700. The molecule has 0 heterocycles. The lowest BCUT2D eigenvalue weighted by Gasteiger charge is -2.21. The lowest BCUT2D eigenvalue weighted by atomic mass is 9.87. The lowest BCUT2D eigenvalue weighted by Crippen LogP contribution is -2.37. The van der Waals surface area contributed by atoms with E-state index < -0.39 is 0 Å². The van der Waals surface area contributed by atoms with Gasteiger partial charge in [-0.2, -0.15) is 0 Å². The SMILES string of the molecule is CCNC(=O)C12C=CC(CC1)C2. The van der Waals surface area contributed by atoms with E-state index in [1.54, 1.807) is 0 Å². The molecule has 0 saturated heterocycles. The Morgan fingerprint density at radius 2 is 2.58 bits per heavy atom. The third kappa shape index (κ3) is 0.977. The van der Waals surface area contributed by atoms with Crippen LogP contribution in [0.15, 0.2) is 12.2 Å². The number of hydrogen-bond acceptors (Lipinski definition) is 1. The van der Waals surface area contributed by atoms with Crippen molar-refractivity contribution in [3.63, 3.8) is 0 Å². The predicted octanol–water partition coefficient (Wildman–Crippen LogP) is 1.48. The van der Waals surface area contributed by atoms with Crippen LogP contribution in [0.3, 0.4) is 0 Å². The molecule has 0 aromatic rings. The van der Waals surface area contributed by atoms with E-state index in [2.05, 4.69) is 17.5 Å². The van der Waals surface area contributed by atoms with Crippen molar-refractivity contribution in [2.24, 2.45) is 11.3 Å². The summed E-state index contributed by atoms with van der Waals surface area (Å²) in [6.45, 7) is 2.72. The highest BCUT2D eigenvalue weighted by Crippen LogP contribution is 2.49. The summed E-state index contributed by atoms with van der Waals surface area (Å²) in [5.74, 6) is 0.925. The van der Waals surface area contributed by atoms with Gasteiger partial charge < -0.3 is 5.32 Å². The van der Waals surface area contributed by atoms with Gasteiger partial charge in [-0.05, 0) is 32.1 Å². The summed E-state index contributed by atoms with van der Waals surface area (Å²) in [6, 6.07) is 0. The van der Waals surface area contributed by atoms with Gasteiger partial charge in [0.2, 0.25) is 5.91 Å². The van der Waals surface area contributed by atoms with Gasteiger partial charge in [0, 0.05) is 6.54 Å². The van der Waals surface area contributed by atoms with E-state index in [1.807, 2.05) is 6.92 Å². The average Bonchev–Trinajstić information content (AvgIpc) is 2.64. The van der Waals surface area contributed by atoms with Crippen LogP contribution >= 0.6 is 0 Å². The second kappa shape index (κ2) is 2.61. The first-order valence-electron chi connectivity index (χ1n) is 4.74. The van der Waals surface area contributed by atoms with Crippen LogP contribution in [0.4, 0.5) is 0 Å². The number of hydrogen-bond donors (Lipinski definition) is 1. The van der Waals surface area contributed by atoms with Crippen molar-refractivity contribution in [1.82, 2.24) is 5.32 Å². The first kappa shape index (κ1) is 7.84. The van der Waals surface area contributed by atoms with Gasteiger partial charge in [0.15, 0.2) is 0 Å². The maximum atomic E-state index is 11.7. The molecule has 2 unspecified atom stereocenters. The van der Waals surface area contributed by atoms with Crippen LogP contribution in [0.5, 0.6) is 0 Å². The minimum absolute atomic E-state index is 0.110. The number of rotatable bonds is 2. The Morgan fingerprint density at radius 1 is 1.75 bits per heavy atom. The summed E-state index contributed by atoms with van der Waals surface area (Å²) in [6.07, 6.45) is 7.64. The number of amides is 1. The molecule has 2 aliphatic rings. The van der Waals surface area contributed by atoms with E-state index in [0.717, 1.165) is 19.4 Å². The Balaban J connectivity index is 2.12. The van der Waals surface area contributed by atoms with Crippen molar-refractivity contribution >= 4 is 5.91 Å². The summed E-state index contributed by atoms with van der Waals surface area (Å²) >= 11 is 0. The topological polar surface area (TPSA) is 29.1 Å². The van der Waals surface area contributed by atoms with Crippen molar-refractivity contribution in [3.05, 3.63) is 12.2 Å². The molecule has 2 nitrogen and oxygen atoms in total. The summed E-state index contributed by atoms with van der Waals surface area (Å²) in [7, 11) is 0. The molecule has 2 rings (SSSR count). The van der Waals surface area contributed by atoms with Crippen LogP contribution in [-0.4, -0.2) is 12.5 Å². The molecule has 1 N–H and O–H groups in total. The van der Waals surface area contributed by atoms with Crippen LogP contribution in [0.1, 0.15) is 26.2 Å². The molecule has 2 aliphatic carbocycles. The van der Waals surface area contributed by atoms with Crippen molar-refractivity contribution < 1.29 is 4.79 Å². The van der Waals surface area contributed by atoms with E-state index >= 15 is 0 Å². The fourth-order valence-electron chi connectivity index (χ4n) is 2.37. The molecule has 0 aromatic heterocycles. The number of carbonyl (C=O) groups excluding carboxylic acids is 1. The molecule has 2 heteroatoms. The second-order valence-corrected chi connectivity index (χ2v) is 3.88. The molecule has 0 aliphatic heterocycles. The molecular formula is C10H15NO. The zero-order chi connectivity index (χ0) is 8.60. The normalized spacial score (nSPS) is 37.2. The van der Waals surface area contributed by atoms with Crippen LogP contribution in [0, 0.1) is 11.3 Å². The van der Waals surface area contributed by atoms with E-state index in [0.29, 0.717) is 5.92 Å². The molecule has 1 saturated carbocycles. The molecular weight excluding hydrogens is 150 g/mol. The zero-order valence-corrected chi connectivity index (χ0v) is 7.47. The van der Waals surface area contributed by atoms with Crippen molar-refractivity contribution in [1.29, 1.82) is 0 Å². The summed E-state index contributed by atoms with van der Waals surface area (Å²) in [5.41, 5.74) is -0.110. The van der Waals surface area contributed by atoms with E-state index in [4.69, 9.17) is 0 Å². The molecule has 2 atom stereocenters. The van der Waals surface area contributed by atoms with Gasteiger partial charge >= 0.3 is 0 Å². The molecule has 1 fully saturated rings. The van der Waals surface area contributed by atoms with Crippen LogP contribution in [0.2, 0.25) is 0 Å². The number of carbonyl (C=O) groups is 1. The molecule has 0 radical (unpaired) electrons. The number of allylic oxidation sites excluding steroid dienone is 1. The summed E-state index contributed by atoms with van der Waals surface area (Å²) in [4.78, 5) is 11.7. The van der Waals surface area contributed by atoms with Crippen LogP contribution in [-0.2, 0) is 4.79 Å². The predicted molar refractivity (Wildman–Crippen MR) is 47.6 cm³/mol. The van der Waals surface area contributed by atoms with Gasteiger partial charge in [-0.3, -0.25) is 4.79 Å². The van der Waals surface area contributed by atoms with E-state index in [9.17, 15) is 4.79 Å². The van der Waals surface area contributed by atoms with E-state index in [-0.39, 0.29) is 11.3 Å². The van der Waals surface area contributed by atoms with Gasteiger partial charge in [0.05, 0.1) is 5.41 Å². The number of nitrogens with one attached hydrogen (secondary N) is 1. The quantitative estimate of drug-likeness (QED) is 0.617. The zero-order valence-electron chi connectivity index (χ0n) is 7.47. The van der Waals surface area contributed by atoms with Crippen molar-refractivity contribution in [2.75, 3.05) is 6.54 Å². The standard InChI is InChI=1S/C10H15NO/c1-2-11-9(12)10-5-3-8(7-10)4-6-10/h3,5,8H,2,4,6-7H2,1H3,(H,11,12). The molecule has 0 aromatic carbocycles. The van der Waals surface area contributed by atoms with Gasteiger partial charge in [0.1, 0.15) is 0 Å². The van der Waals surface area contributed by atoms with Gasteiger partial charge in [-0.15, -0.1) is 0 Å². The monoisotopic (exact) mass is 165 g/mol. The first-order chi connectivity index (χ1) is 5.77. The van der Waals surface area contributed by atoms with Gasteiger partial charge in [-0.1, -0.05) is 12.2 Å². The van der Waals surface area contributed by atoms with Crippen LogP contribution in [0.25, 0.3) is 0 Å². The second-order valence-electron chi connectivity index (χ2n) is 3.88. The maximum Gasteiger partial charge on any atom is 0.230 e. The van der Waals surface area contributed by atoms with Crippen molar-refractivity contribution in [3.8, 4) is 0 Å². The van der Waals surface area contributed by atoms with E-state index in [1.165, 1.54) is 6.42 Å². The highest BCUT2D eigenvalue weighted by molar-refractivity contribution is 5.85. The summed E-state index contributed by atoms with van der Waals surface area (Å²) < 4.78 is 0. The molecule has 2 bridgehead atoms. The fourth-order valence-corrected chi connectivity index (χ4v) is 2.37. The average molecular weight is 165 g/mol. The highest BCUT2D eigenvalue weighted by Gasteiger charge is 2.45. The molecule has 66 valence electrons. The minimum atomic E-state index is -0.110. The van der Waals surface area contributed by atoms with Crippen molar-refractivity contribution in [2.45, 2.75) is 26.2 Å². The number of fused-ring (bicyclic) bond motifs is 2. The van der Waals surface area contributed by atoms with Gasteiger partial charge in [-0.25, -0.2) is 0 Å². The Labute approximate surface area is 73.0 Å². The summed E-state index contributed by atoms with van der Waals surface area (Å²) in [5, 5.41) is 2.92. The third-order valence-electron chi connectivity index (χ3n) is 3.06. The van der Waals surface area contributed by atoms with Gasteiger partial charge in [0.25, 0.3) is 0 Å². The maximum absolute atomic E-state index is 11.7. The smallest absolute Gasteiger partial charge is 0.230 e. The van der Waals surface area contributed by atoms with Crippen LogP contribution < -0.4 is 5.32 Å². The lowest BCUT2D eigenvalue weighted by molar-refractivity contribution is -0.128. The largest absolute Gasteiger partial charge is 0.356 e. The Kier molecular flexibility index (Phi) is 1.71. The third-order valence-corrected chi connectivity index (χ3v) is 3.06. The molecule has 1 amide bonds. The molecule has 12 heavy (non-hydrogen) atoms. The Morgan fingerprint density at radius 3 is 3.00 bits per heavy atom. The molecule has 0 spiro atoms. The minimum Gasteiger partial charge on any atom is -0.356 e. The Hall–Kier alpha value is -0.790. The Bertz CT molecular complexity index is 234. The first-order valence-corrected chi connectivity index (χ1v) is 4.74. The highest BCUT2D eigenvalue weighted by atomic mass is 16.2.